The van der Waals surface area contributed by atoms with Gasteiger partial charge < -0.3 is 4.74 Å². The number of allylic oxidation sites excluding steroid dienone is 6. The maximum atomic E-state index is 12.7. The van der Waals surface area contributed by atoms with Crippen molar-refractivity contribution >= 4 is 11.5 Å². The molecule has 154 valence electrons. The van der Waals surface area contributed by atoms with Crippen LogP contribution in [0.3, 0.4) is 0 Å². The lowest BCUT2D eigenvalue weighted by molar-refractivity contribution is -0.140. The second kappa shape index (κ2) is 9.30. The van der Waals surface area contributed by atoms with E-state index in [1.54, 1.807) is 0 Å². The van der Waals surface area contributed by atoms with Gasteiger partial charge in [-0.2, -0.15) is 0 Å². The van der Waals surface area contributed by atoms with Gasteiger partial charge in [-0.05, 0) is 80.7 Å². The fourth-order valence-corrected chi connectivity index (χ4v) is 4.38. The number of aryl methyl sites for hydroxylation is 1. The summed E-state index contributed by atoms with van der Waals surface area (Å²) in [5.74, 6) is 1.13. The van der Waals surface area contributed by atoms with Gasteiger partial charge in [0.15, 0.2) is 0 Å². The van der Waals surface area contributed by atoms with Crippen LogP contribution in [0.2, 0.25) is 0 Å². The summed E-state index contributed by atoms with van der Waals surface area (Å²) in [5.41, 5.74) is 6.39. The molecule has 0 unspecified atom stereocenters. The molecule has 1 fully saturated rings. The van der Waals surface area contributed by atoms with E-state index in [4.69, 9.17) is 4.74 Å². The van der Waals surface area contributed by atoms with Crippen LogP contribution < -0.4 is 4.74 Å². The Morgan fingerprint density at radius 2 is 1.57 bits per heavy atom. The molecular formula is C28H30O2. The summed E-state index contributed by atoms with van der Waals surface area (Å²) >= 11 is 0. The lowest BCUT2D eigenvalue weighted by Crippen LogP contribution is -2.25. The number of ether oxygens (including phenoxy) is 1. The molecule has 0 aromatic heterocycles. The molecule has 2 nitrogen and oxygen atoms in total. The molecular weight excluding hydrogens is 368 g/mol. The number of hydrogen-bond donors (Lipinski definition) is 0. The second-order valence-electron chi connectivity index (χ2n) is 8.61. The van der Waals surface area contributed by atoms with Crippen molar-refractivity contribution in [2.24, 2.45) is 5.92 Å². The predicted octanol–water partition coefficient (Wildman–Crippen LogP) is 7.16. The molecule has 0 amide bonds. The molecule has 0 aliphatic heterocycles. The fourth-order valence-electron chi connectivity index (χ4n) is 4.38. The van der Waals surface area contributed by atoms with Crippen molar-refractivity contribution in [3.8, 4) is 5.75 Å². The Kier molecular flexibility index (Phi) is 6.32. The van der Waals surface area contributed by atoms with Crippen LogP contribution >= 0.6 is 0 Å². The van der Waals surface area contributed by atoms with E-state index in [0.717, 1.165) is 32.1 Å². The van der Waals surface area contributed by atoms with Crippen molar-refractivity contribution in [2.45, 2.75) is 51.9 Å². The number of hydrogen-bond acceptors (Lipinski definition) is 2. The molecule has 1 saturated carbocycles. The average Bonchev–Trinajstić information content (AvgIpc) is 2.99. The Bertz CT molecular complexity index is 966. The van der Waals surface area contributed by atoms with Crippen LogP contribution in [-0.2, 0) is 4.79 Å². The quantitative estimate of drug-likeness (QED) is 0.403. The van der Waals surface area contributed by atoms with Gasteiger partial charge in [-0.3, -0.25) is 4.79 Å². The molecule has 2 aliphatic carbocycles. The van der Waals surface area contributed by atoms with Crippen molar-refractivity contribution in [1.82, 2.24) is 0 Å². The van der Waals surface area contributed by atoms with Crippen LogP contribution in [0.1, 0.15) is 61.6 Å². The van der Waals surface area contributed by atoms with Gasteiger partial charge in [0.25, 0.3) is 0 Å². The van der Waals surface area contributed by atoms with Gasteiger partial charge in [0, 0.05) is 0 Å². The summed E-state index contributed by atoms with van der Waals surface area (Å²) in [5, 5.41) is 0. The number of rotatable bonds is 4. The summed E-state index contributed by atoms with van der Waals surface area (Å²) < 4.78 is 5.71. The highest BCUT2D eigenvalue weighted by Gasteiger charge is 2.28. The molecule has 4 rings (SSSR count). The van der Waals surface area contributed by atoms with Crippen LogP contribution in [0.5, 0.6) is 5.75 Å². The number of carbonyl (C=O) groups is 1. The van der Waals surface area contributed by atoms with Crippen LogP contribution in [0.25, 0.3) is 5.57 Å². The van der Waals surface area contributed by atoms with Crippen LogP contribution in [0.4, 0.5) is 0 Å². The maximum absolute atomic E-state index is 12.7. The first kappa shape index (κ1) is 20.4. The molecule has 0 N–H and O–H groups in total. The van der Waals surface area contributed by atoms with E-state index in [2.05, 4.69) is 62.4 Å². The zero-order valence-corrected chi connectivity index (χ0v) is 17.9. The molecule has 2 heteroatoms. The van der Waals surface area contributed by atoms with Crippen molar-refractivity contribution in [3.63, 3.8) is 0 Å². The summed E-state index contributed by atoms with van der Waals surface area (Å²) in [7, 11) is 0. The standard InChI is InChI=1S/C28H30O2/c1-20-4-3-5-22(9-6-20)25-16-18-27(19-17-25)30-28(29)26-14-12-24(13-15-26)23-10-7-21(2)8-11-23/h3-4,6-11,16-19,24,26H,5,12-15H2,1-2H3. The average molecular weight is 399 g/mol. The highest BCUT2D eigenvalue weighted by Crippen LogP contribution is 2.36. The molecule has 2 aromatic rings. The highest BCUT2D eigenvalue weighted by molar-refractivity contribution is 5.76. The van der Waals surface area contributed by atoms with E-state index in [0.29, 0.717) is 11.7 Å². The smallest absolute Gasteiger partial charge is 0.314 e. The zero-order valence-electron chi connectivity index (χ0n) is 17.9. The van der Waals surface area contributed by atoms with E-state index >= 15 is 0 Å². The first-order valence-electron chi connectivity index (χ1n) is 11.0. The summed E-state index contributed by atoms with van der Waals surface area (Å²) in [6.07, 6.45) is 13.5. The lowest BCUT2D eigenvalue weighted by Gasteiger charge is -2.27. The largest absolute Gasteiger partial charge is 0.426 e. The van der Waals surface area contributed by atoms with Crippen LogP contribution in [0, 0.1) is 12.8 Å². The van der Waals surface area contributed by atoms with Crippen LogP contribution in [0.15, 0.2) is 78.4 Å². The topological polar surface area (TPSA) is 26.3 Å². The normalized spacial score (nSPS) is 21.4. The fraction of sp³-hybridized carbons (Fsp3) is 0.321. The first-order valence-corrected chi connectivity index (χ1v) is 11.0. The number of carbonyl (C=O) groups excluding carboxylic acids is 1. The van der Waals surface area contributed by atoms with E-state index in [1.807, 2.05) is 24.3 Å². The van der Waals surface area contributed by atoms with Gasteiger partial charge in [-0.1, -0.05) is 71.8 Å². The zero-order chi connectivity index (χ0) is 20.9. The van der Waals surface area contributed by atoms with E-state index < -0.39 is 0 Å². The monoisotopic (exact) mass is 398 g/mol. The van der Waals surface area contributed by atoms with Gasteiger partial charge >= 0.3 is 5.97 Å². The van der Waals surface area contributed by atoms with Crippen molar-refractivity contribution < 1.29 is 9.53 Å². The number of benzene rings is 2. The molecule has 0 heterocycles. The number of esters is 1. The summed E-state index contributed by atoms with van der Waals surface area (Å²) in [6, 6.07) is 16.7. The molecule has 0 atom stereocenters. The molecule has 0 spiro atoms. The minimum Gasteiger partial charge on any atom is -0.426 e. The molecule has 2 aromatic carbocycles. The van der Waals surface area contributed by atoms with Gasteiger partial charge in [-0.15, -0.1) is 0 Å². The third kappa shape index (κ3) is 4.99. The third-order valence-corrected chi connectivity index (χ3v) is 6.32. The maximum Gasteiger partial charge on any atom is 0.314 e. The Morgan fingerprint density at radius 3 is 2.27 bits per heavy atom. The SMILES string of the molecule is CC1=CC=C(c2ccc(OC(=O)C3CCC(c4ccc(C)cc4)CC3)cc2)CC=C1. The summed E-state index contributed by atoms with van der Waals surface area (Å²) in [4.78, 5) is 12.7. The molecule has 0 saturated heterocycles. The van der Waals surface area contributed by atoms with E-state index in [9.17, 15) is 4.79 Å². The lowest BCUT2D eigenvalue weighted by atomic mass is 9.78. The molecule has 0 radical (unpaired) electrons. The summed E-state index contributed by atoms with van der Waals surface area (Å²) in [6.45, 7) is 4.22. The Labute approximate surface area is 180 Å². The van der Waals surface area contributed by atoms with Gasteiger partial charge in [-0.25, -0.2) is 0 Å². The Hall–Kier alpha value is -2.87. The minimum absolute atomic E-state index is 0.00851. The van der Waals surface area contributed by atoms with Crippen LogP contribution in [-0.4, -0.2) is 5.97 Å². The molecule has 2 aliphatic rings. The molecule has 30 heavy (non-hydrogen) atoms. The van der Waals surface area contributed by atoms with Crippen molar-refractivity contribution in [2.75, 3.05) is 0 Å². The Morgan fingerprint density at radius 1 is 0.867 bits per heavy atom. The second-order valence-corrected chi connectivity index (χ2v) is 8.61. The van der Waals surface area contributed by atoms with Gasteiger partial charge in [0.2, 0.25) is 0 Å². The first-order chi connectivity index (χ1) is 14.6. The van der Waals surface area contributed by atoms with Gasteiger partial charge in [0.05, 0.1) is 5.92 Å². The van der Waals surface area contributed by atoms with Crippen molar-refractivity contribution in [1.29, 1.82) is 0 Å². The van der Waals surface area contributed by atoms with Crippen molar-refractivity contribution in [3.05, 3.63) is 95.1 Å². The third-order valence-electron chi connectivity index (χ3n) is 6.32. The van der Waals surface area contributed by atoms with Gasteiger partial charge in [0.1, 0.15) is 5.75 Å². The molecule has 0 bridgehead atoms. The minimum atomic E-state index is -0.0831. The Balaban J connectivity index is 1.32. The van der Waals surface area contributed by atoms with E-state index in [1.165, 1.54) is 27.8 Å². The predicted molar refractivity (Wildman–Crippen MR) is 123 cm³/mol. The van der Waals surface area contributed by atoms with E-state index in [-0.39, 0.29) is 11.9 Å². The highest BCUT2D eigenvalue weighted by atomic mass is 16.5.